The van der Waals surface area contributed by atoms with Crippen molar-refractivity contribution < 1.29 is 46.7 Å². The number of sulfonamides is 1. The summed E-state index contributed by atoms with van der Waals surface area (Å²) in [6.07, 6.45) is -0.552. The molecule has 0 unspecified atom stereocenters. The standard InChI is InChI=1S/C43H73N7O10S/c1-13-27(6)38(49(10)43(55)36(25(2)3)46-42(54)37(26(4)5)48(8)9)34(58-11)23-35(51)50-24-30(60-44)22-33(50)39(59-12)28(7)40(52)45-32(21-29-17-15-14-16-18-29)41(53)47-61(56,57)31-19-20-31/h14-18,25-28,30-34,36-39H,13,19-24,44H2,1-12H3,(H,45,52)(H,46,54)(H,47,53)/t27-,28+,30+,32-,33-,34+,36-,37-,38-,39+/m0/s1. The van der Waals surface area contributed by atoms with Gasteiger partial charge in [-0.2, -0.15) is 0 Å². The fourth-order valence-electron chi connectivity index (χ4n) is 8.53. The fraction of sp³-hybridized carbons (Fsp3) is 0.744. The largest absolute Gasteiger partial charge is 0.379 e. The van der Waals surface area contributed by atoms with Crippen molar-refractivity contribution in [1.82, 2.24) is 30.1 Å². The first kappa shape index (κ1) is 51.7. The third-order valence-electron chi connectivity index (χ3n) is 12.3. The first-order valence-corrected chi connectivity index (χ1v) is 23.0. The van der Waals surface area contributed by atoms with Crippen molar-refractivity contribution in [2.75, 3.05) is 41.9 Å². The lowest BCUT2D eigenvalue weighted by atomic mass is 9.89. The van der Waals surface area contributed by atoms with Crippen molar-refractivity contribution in [3.63, 3.8) is 0 Å². The van der Waals surface area contributed by atoms with Gasteiger partial charge in [0, 0.05) is 40.7 Å². The molecular formula is C43H73N7O10S. The molecule has 0 bridgehead atoms. The maximum Gasteiger partial charge on any atom is 0.256 e. The zero-order valence-electron chi connectivity index (χ0n) is 38.3. The van der Waals surface area contributed by atoms with E-state index in [-0.39, 0.29) is 61.3 Å². The van der Waals surface area contributed by atoms with Gasteiger partial charge >= 0.3 is 0 Å². The highest BCUT2D eigenvalue weighted by Gasteiger charge is 2.46. The Labute approximate surface area is 363 Å². The molecule has 10 atom stereocenters. The summed E-state index contributed by atoms with van der Waals surface area (Å²) in [5.41, 5.74) is 0.711. The Balaban J connectivity index is 1.86. The van der Waals surface area contributed by atoms with Gasteiger partial charge in [-0.05, 0) is 50.3 Å². The van der Waals surface area contributed by atoms with Gasteiger partial charge in [-0.25, -0.2) is 14.3 Å². The van der Waals surface area contributed by atoms with Crippen LogP contribution in [0.15, 0.2) is 30.3 Å². The summed E-state index contributed by atoms with van der Waals surface area (Å²) in [5.74, 6) is 2.06. The molecule has 17 nitrogen and oxygen atoms in total. The van der Waals surface area contributed by atoms with Gasteiger partial charge in [0.1, 0.15) is 12.1 Å². The van der Waals surface area contributed by atoms with Crippen molar-refractivity contribution in [2.24, 2.45) is 29.6 Å². The molecule has 3 rings (SSSR count). The number of carbonyl (C=O) groups is 5. The molecule has 0 aromatic heterocycles. The number of hydrogen-bond acceptors (Lipinski definition) is 12. The lowest BCUT2D eigenvalue weighted by Gasteiger charge is -2.41. The minimum atomic E-state index is -3.89. The summed E-state index contributed by atoms with van der Waals surface area (Å²) in [4.78, 5) is 80.0. The number of nitrogens with zero attached hydrogens (tertiary/aromatic N) is 3. The monoisotopic (exact) mass is 880 g/mol. The third-order valence-corrected chi connectivity index (χ3v) is 14.1. The van der Waals surface area contributed by atoms with Gasteiger partial charge in [0.25, 0.3) is 5.91 Å². The number of carbonyl (C=O) groups excluding carboxylic acids is 5. The number of likely N-dealkylation sites (N-methyl/N-ethyl adjacent to an activating group) is 2. The van der Waals surface area contributed by atoms with Crippen LogP contribution in [-0.2, 0) is 54.7 Å². The zero-order chi connectivity index (χ0) is 45.9. The lowest BCUT2D eigenvalue weighted by Crippen LogP contribution is -2.59. The number of nitrogens with two attached hydrogens (primary N) is 1. The van der Waals surface area contributed by atoms with Crippen LogP contribution in [0.4, 0.5) is 0 Å². The molecular weight excluding hydrogens is 807 g/mol. The Hall–Kier alpha value is -3.68. The Morgan fingerprint density at radius 2 is 1.51 bits per heavy atom. The third kappa shape index (κ3) is 13.7. The Kier molecular flexibility index (Phi) is 19.6. The van der Waals surface area contributed by atoms with Gasteiger partial charge in [0.2, 0.25) is 33.7 Å². The van der Waals surface area contributed by atoms with Crippen LogP contribution in [0.1, 0.15) is 86.1 Å². The second kappa shape index (κ2) is 23.1. The summed E-state index contributed by atoms with van der Waals surface area (Å²) in [6.45, 7) is 13.3. The number of hydrogen-bond donors (Lipinski definition) is 4. The molecule has 2 fully saturated rings. The quantitative estimate of drug-likeness (QED) is 0.109. The van der Waals surface area contributed by atoms with Crippen molar-refractivity contribution in [2.45, 2.75) is 141 Å². The van der Waals surface area contributed by atoms with E-state index in [0.717, 1.165) is 0 Å². The van der Waals surface area contributed by atoms with Gasteiger partial charge in [-0.15, -0.1) is 0 Å². The maximum absolute atomic E-state index is 14.5. The maximum atomic E-state index is 14.5. The van der Waals surface area contributed by atoms with E-state index in [1.54, 1.807) is 48.0 Å². The molecule has 1 heterocycles. The van der Waals surface area contributed by atoms with Crippen LogP contribution in [0.2, 0.25) is 0 Å². The van der Waals surface area contributed by atoms with E-state index in [2.05, 4.69) is 15.4 Å². The Morgan fingerprint density at radius 3 is 2.00 bits per heavy atom. The van der Waals surface area contributed by atoms with E-state index in [1.165, 1.54) is 14.2 Å². The number of ether oxygens (including phenoxy) is 2. The summed E-state index contributed by atoms with van der Waals surface area (Å²) in [7, 11) is 4.35. The SMILES string of the molecule is CC[C@H](C)[C@@H]([C@@H](CC(=O)N1C[C@H](ON)C[C@H]1[C@H](OC)[C@@H](C)C(=O)N[C@@H](Cc1ccccc1)C(=O)NS(=O)(=O)C1CC1)OC)N(C)C(=O)[C@@H](NC(=O)[C@H](C(C)C)N(C)C)C(C)C. The van der Waals surface area contributed by atoms with Crippen molar-refractivity contribution in [3.05, 3.63) is 35.9 Å². The van der Waals surface area contributed by atoms with E-state index in [1.807, 2.05) is 66.6 Å². The molecule has 18 heteroatoms. The van der Waals surface area contributed by atoms with Crippen LogP contribution in [0.5, 0.6) is 0 Å². The molecule has 1 aliphatic heterocycles. The van der Waals surface area contributed by atoms with Gasteiger partial charge < -0.3 is 29.9 Å². The van der Waals surface area contributed by atoms with Crippen LogP contribution < -0.4 is 21.3 Å². The van der Waals surface area contributed by atoms with Crippen molar-refractivity contribution in [1.29, 1.82) is 0 Å². The minimum absolute atomic E-state index is 0.00180. The number of rotatable bonds is 24. The topological polar surface area (TPSA) is 219 Å². The molecule has 0 spiro atoms. The second-order valence-corrected chi connectivity index (χ2v) is 19.7. The van der Waals surface area contributed by atoms with Crippen LogP contribution in [0, 0.1) is 23.7 Å². The van der Waals surface area contributed by atoms with Gasteiger partial charge in [0.15, 0.2) is 0 Å². The van der Waals surface area contributed by atoms with Crippen LogP contribution in [-0.4, -0.2) is 148 Å². The second-order valence-electron chi connectivity index (χ2n) is 17.7. The Bertz CT molecular complexity index is 1720. The molecule has 5 amide bonds. The molecule has 0 radical (unpaired) electrons. The van der Waals surface area contributed by atoms with Crippen LogP contribution in [0.3, 0.4) is 0 Å². The summed E-state index contributed by atoms with van der Waals surface area (Å²) < 4.78 is 39.6. The zero-order valence-corrected chi connectivity index (χ0v) is 39.1. The molecule has 1 aromatic rings. The first-order valence-electron chi connectivity index (χ1n) is 21.5. The smallest absolute Gasteiger partial charge is 0.256 e. The van der Waals surface area contributed by atoms with E-state index < -0.39 is 81.5 Å². The molecule has 1 aromatic carbocycles. The van der Waals surface area contributed by atoms with Gasteiger partial charge in [-0.1, -0.05) is 85.2 Å². The van der Waals surface area contributed by atoms with E-state index in [0.29, 0.717) is 24.8 Å². The number of amides is 5. The number of benzene rings is 1. The molecule has 1 saturated carbocycles. The molecule has 2 aliphatic rings. The molecule has 346 valence electrons. The average Bonchev–Trinajstić information content (AvgIpc) is 3.99. The van der Waals surface area contributed by atoms with Crippen LogP contribution >= 0.6 is 0 Å². The van der Waals surface area contributed by atoms with Crippen LogP contribution in [0.25, 0.3) is 0 Å². The predicted molar refractivity (Wildman–Crippen MR) is 232 cm³/mol. The molecule has 1 saturated heterocycles. The fourth-order valence-corrected chi connectivity index (χ4v) is 9.87. The number of nitrogens with one attached hydrogen (secondary N) is 3. The van der Waals surface area contributed by atoms with Crippen molar-refractivity contribution >= 4 is 39.6 Å². The highest BCUT2D eigenvalue weighted by molar-refractivity contribution is 7.90. The van der Waals surface area contributed by atoms with E-state index >= 15 is 0 Å². The predicted octanol–water partition coefficient (Wildman–Crippen LogP) is 1.84. The highest BCUT2D eigenvalue weighted by atomic mass is 32.2. The highest BCUT2D eigenvalue weighted by Crippen LogP contribution is 2.31. The Morgan fingerprint density at radius 1 is 0.885 bits per heavy atom. The average molecular weight is 880 g/mol. The minimum Gasteiger partial charge on any atom is -0.379 e. The lowest BCUT2D eigenvalue weighted by molar-refractivity contribution is -0.148. The summed E-state index contributed by atoms with van der Waals surface area (Å²) >= 11 is 0. The van der Waals surface area contributed by atoms with Crippen molar-refractivity contribution in [3.8, 4) is 0 Å². The van der Waals surface area contributed by atoms with E-state index in [9.17, 15) is 32.4 Å². The first-order chi connectivity index (χ1) is 28.6. The summed E-state index contributed by atoms with van der Waals surface area (Å²) in [6, 6.07) is 5.16. The summed E-state index contributed by atoms with van der Waals surface area (Å²) in [5, 5.41) is 5.13. The number of methoxy groups -OCH3 is 2. The van der Waals surface area contributed by atoms with Gasteiger partial charge in [0.05, 0.1) is 54.0 Å². The molecule has 1 aliphatic carbocycles. The number of likely N-dealkylation sites (tertiary alicyclic amines) is 1. The molecule has 5 N–H and O–H groups in total. The van der Waals surface area contributed by atoms with E-state index in [4.69, 9.17) is 20.2 Å². The normalized spacial score (nSPS) is 21.0. The van der Waals surface area contributed by atoms with Gasteiger partial charge in [-0.3, -0.25) is 38.4 Å². The molecule has 61 heavy (non-hydrogen) atoms.